The van der Waals surface area contributed by atoms with E-state index >= 15 is 0 Å². The first-order valence-electron chi connectivity index (χ1n) is 5.71. The maximum Gasteiger partial charge on any atom is 0.417 e. The standard InChI is InChI=1S/C13H9F3N2O2S/c14-13(15,16)8-4-5-11(17-6-8)21-7-9-2-1-3-10(18-9)12(19)20/h1-6H,7H2,(H,19,20). The van der Waals surface area contributed by atoms with Crippen LogP contribution < -0.4 is 0 Å². The topological polar surface area (TPSA) is 63.1 Å². The maximum atomic E-state index is 12.4. The van der Waals surface area contributed by atoms with Crippen LogP contribution in [0.4, 0.5) is 13.2 Å². The zero-order chi connectivity index (χ0) is 15.5. The summed E-state index contributed by atoms with van der Waals surface area (Å²) in [6.07, 6.45) is -3.64. The predicted octanol–water partition coefficient (Wildman–Crippen LogP) is 3.49. The van der Waals surface area contributed by atoms with Gasteiger partial charge < -0.3 is 5.11 Å². The highest BCUT2D eigenvalue weighted by molar-refractivity contribution is 7.98. The number of thioether (sulfide) groups is 1. The minimum Gasteiger partial charge on any atom is -0.477 e. The SMILES string of the molecule is O=C(O)c1cccc(CSc2ccc(C(F)(F)F)cn2)n1. The number of hydrogen-bond acceptors (Lipinski definition) is 4. The Kier molecular flexibility index (Phi) is 4.46. The highest BCUT2D eigenvalue weighted by Crippen LogP contribution is 2.30. The number of carbonyl (C=O) groups is 1. The van der Waals surface area contributed by atoms with Crippen molar-refractivity contribution in [3.63, 3.8) is 0 Å². The minimum absolute atomic E-state index is 0.0755. The first-order valence-corrected chi connectivity index (χ1v) is 6.70. The number of aromatic carboxylic acids is 1. The molecule has 1 N–H and O–H groups in total. The molecule has 0 saturated heterocycles. The van der Waals surface area contributed by atoms with Crippen LogP contribution in [0.3, 0.4) is 0 Å². The molecule has 0 amide bonds. The van der Waals surface area contributed by atoms with E-state index in [4.69, 9.17) is 5.11 Å². The van der Waals surface area contributed by atoms with E-state index in [2.05, 4.69) is 9.97 Å². The molecular weight excluding hydrogens is 305 g/mol. The Morgan fingerprint density at radius 3 is 2.57 bits per heavy atom. The van der Waals surface area contributed by atoms with Crippen LogP contribution in [0.5, 0.6) is 0 Å². The third kappa shape index (κ3) is 4.19. The molecule has 2 rings (SSSR count). The van der Waals surface area contributed by atoms with Gasteiger partial charge in [-0.05, 0) is 24.3 Å². The lowest BCUT2D eigenvalue weighted by Crippen LogP contribution is -2.05. The van der Waals surface area contributed by atoms with Crippen molar-refractivity contribution >= 4 is 17.7 Å². The van der Waals surface area contributed by atoms with E-state index in [1.54, 1.807) is 12.1 Å². The van der Waals surface area contributed by atoms with Crippen molar-refractivity contribution < 1.29 is 23.1 Å². The van der Waals surface area contributed by atoms with E-state index in [9.17, 15) is 18.0 Å². The summed E-state index contributed by atoms with van der Waals surface area (Å²) in [6, 6.07) is 6.80. The second-order valence-electron chi connectivity index (χ2n) is 3.99. The Hall–Kier alpha value is -2.09. The highest BCUT2D eigenvalue weighted by Gasteiger charge is 2.30. The largest absolute Gasteiger partial charge is 0.477 e. The van der Waals surface area contributed by atoms with Crippen LogP contribution in [0, 0.1) is 0 Å². The minimum atomic E-state index is -4.41. The Balaban J connectivity index is 2.03. The molecule has 2 aromatic heterocycles. The quantitative estimate of drug-likeness (QED) is 0.875. The van der Waals surface area contributed by atoms with Gasteiger partial charge in [0.25, 0.3) is 0 Å². The van der Waals surface area contributed by atoms with Crippen molar-refractivity contribution in [2.45, 2.75) is 17.0 Å². The molecule has 0 radical (unpaired) electrons. The number of nitrogens with zero attached hydrogens (tertiary/aromatic N) is 2. The number of rotatable bonds is 4. The molecule has 2 heterocycles. The average molecular weight is 314 g/mol. The van der Waals surface area contributed by atoms with Crippen LogP contribution in [-0.4, -0.2) is 21.0 Å². The van der Waals surface area contributed by atoms with E-state index in [0.29, 0.717) is 16.5 Å². The molecule has 4 nitrogen and oxygen atoms in total. The monoisotopic (exact) mass is 314 g/mol. The number of halogens is 3. The molecule has 21 heavy (non-hydrogen) atoms. The van der Waals surface area contributed by atoms with Crippen molar-refractivity contribution in [1.29, 1.82) is 0 Å². The molecule has 0 atom stereocenters. The van der Waals surface area contributed by atoms with Gasteiger partial charge in [-0.15, -0.1) is 11.8 Å². The molecule has 0 fully saturated rings. The number of aromatic nitrogens is 2. The van der Waals surface area contributed by atoms with Gasteiger partial charge in [0.15, 0.2) is 0 Å². The van der Waals surface area contributed by atoms with Gasteiger partial charge >= 0.3 is 12.1 Å². The van der Waals surface area contributed by atoms with Crippen LogP contribution in [0.15, 0.2) is 41.6 Å². The summed E-state index contributed by atoms with van der Waals surface area (Å²) >= 11 is 1.18. The van der Waals surface area contributed by atoms with Gasteiger partial charge in [-0.25, -0.2) is 14.8 Å². The first-order chi connectivity index (χ1) is 9.86. The van der Waals surface area contributed by atoms with Crippen LogP contribution in [0.2, 0.25) is 0 Å². The lowest BCUT2D eigenvalue weighted by Gasteiger charge is -2.06. The fraction of sp³-hybridized carbons (Fsp3) is 0.154. The third-order valence-corrected chi connectivity index (χ3v) is 3.43. The third-order valence-electron chi connectivity index (χ3n) is 2.46. The van der Waals surface area contributed by atoms with Crippen molar-refractivity contribution in [2.75, 3.05) is 0 Å². The van der Waals surface area contributed by atoms with E-state index in [-0.39, 0.29) is 5.69 Å². The maximum absolute atomic E-state index is 12.4. The van der Waals surface area contributed by atoms with Crippen molar-refractivity contribution in [1.82, 2.24) is 9.97 Å². The Labute approximate surface area is 122 Å². The molecular formula is C13H9F3N2O2S. The summed E-state index contributed by atoms with van der Waals surface area (Å²) in [4.78, 5) is 18.4. The Bertz CT molecular complexity index is 645. The van der Waals surface area contributed by atoms with E-state index in [1.165, 1.54) is 23.9 Å². The normalized spacial score (nSPS) is 11.4. The summed E-state index contributed by atoms with van der Waals surface area (Å²) in [7, 11) is 0. The van der Waals surface area contributed by atoms with E-state index in [0.717, 1.165) is 12.3 Å². The number of pyridine rings is 2. The smallest absolute Gasteiger partial charge is 0.417 e. The zero-order valence-corrected chi connectivity index (χ0v) is 11.3. The number of carboxylic acid groups (broad SMARTS) is 1. The van der Waals surface area contributed by atoms with Gasteiger partial charge in [0, 0.05) is 11.9 Å². The first kappa shape index (κ1) is 15.3. The number of hydrogen-bond donors (Lipinski definition) is 1. The molecule has 0 unspecified atom stereocenters. The van der Waals surface area contributed by atoms with Gasteiger partial charge in [-0.2, -0.15) is 13.2 Å². The Morgan fingerprint density at radius 1 is 1.24 bits per heavy atom. The molecule has 0 saturated carbocycles. The summed E-state index contributed by atoms with van der Waals surface area (Å²) in [5.41, 5.74) is -0.368. The summed E-state index contributed by atoms with van der Waals surface area (Å²) in [6.45, 7) is 0. The zero-order valence-electron chi connectivity index (χ0n) is 10.5. The summed E-state index contributed by atoms with van der Waals surface area (Å²) in [5.74, 6) is -0.811. The fourth-order valence-corrected chi connectivity index (χ4v) is 2.21. The molecule has 8 heteroatoms. The summed E-state index contributed by atoms with van der Waals surface area (Å²) in [5, 5.41) is 9.22. The van der Waals surface area contributed by atoms with Crippen molar-refractivity contribution in [3.05, 3.63) is 53.5 Å². The van der Waals surface area contributed by atoms with Crippen LogP contribution in [0.1, 0.15) is 21.7 Å². The van der Waals surface area contributed by atoms with Crippen molar-refractivity contribution in [2.24, 2.45) is 0 Å². The van der Waals surface area contributed by atoms with E-state index in [1.807, 2.05) is 0 Å². The molecule has 0 aliphatic rings. The fourth-order valence-electron chi connectivity index (χ4n) is 1.46. The molecule has 0 aliphatic heterocycles. The predicted molar refractivity (Wildman–Crippen MR) is 70.0 cm³/mol. The van der Waals surface area contributed by atoms with Crippen LogP contribution in [0.25, 0.3) is 0 Å². The number of alkyl halides is 3. The second kappa shape index (κ2) is 6.13. The van der Waals surface area contributed by atoms with E-state index < -0.39 is 17.7 Å². The van der Waals surface area contributed by atoms with Gasteiger partial charge in [-0.3, -0.25) is 0 Å². The van der Waals surface area contributed by atoms with Crippen LogP contribution >= 0.6 is 11.8 Å². The highest BCUT2D eigenvalue weighted by atomic mass is 32.2. The molecule has 110 valence electrons. The molecule has 0 aromatic carbocycles. The second-order valence-corrected chi connectivity index (χ2v) is 4.99. The summed E-state index contributed by atoms with van der Waals surface area (Å²) < 4.78 is 37.1. The van der Waals surface area contributed by atoms with Gasteiger partial charge in [0.1, 0.15) is 5.69 Å². The van der Waals surface area contributed by atoms with Gasteiger partial charge in [-0.1, -0.05) is 6.07 Å². The Morgan fingerprint density at radius 2 is 2.00 bits per heavy atom. The molecule has 0 bridgehead atoms. The van der Waals surface area contributed by atoms with Gasteiger partial charge in [0.2, 0.25) is 0 Å². The van der Waals surface area contributed by atoms with Crippen molar-refractivity contribution in [3.8, 4) is 0 Å². The average Bonchev–Trinajstić information content (AvgIpc) is 2.45. The molecule has 0 aliphatic carbocycles. The molecule has 2 aromatic rings. The molecule has 0 spiro atoms. The van der Waals surface area contributed by atoms with Crippen LogP contribution in [-0.2, 0) is 11.9 Å². The lowest BCUT2D eigenvalue weighted by atomic mass is 10.3. The lowest BCUT2D eigenvalue weighted by molar-refractivity contribution is -0.137. The van der Waals surface area contributed by atoms with Gasteiger partial charge in [0.05, 0.1) is 16.3 Å². The number of carboxylic acids is 1.